The summed E-state index contributed by atoms with van der Waals surface area (Å²) in [5, 5.41) is 6.64. The number of amides is 2. The highest BCUT2D eigenvalue weighted by atomic mass is 16.5. The van der Waals surface area contributed by atoms with Crippen LogP contribution in [-0.2, 0) is 22.6 Å². The Bertz CT molecular complexity index is 1100. The van der Waals surface area contributed by atoms with Crippen molar-refractivity contribution in [3.05, 3.63) is 53.8 Å². The molecule has 0 unspecified atom stereocenters. The second-order valence-corrected chi connectivity index (χ2v) is 7.84. The molecule has 1 atom stereocenters. The number of rotatable bonds is 2. The fourth-order valence-electron chi connectivity index (χ4n) is 4.65. The van der Waals surface area contributed by atoms with E-state index in [1.165, 1.54) is 0 Å². The maximum Gasteiger partial charge on any atom is 0.245 e. The molecule has 0 spiro atoms. The normalized spacial score (nSPS) is 18.9. The summed E-state index contributed by atoms with van der Waals surface area (Å²) < 4.78 is 5.65. The average Bonchev–Trinajstić information content (AvgIpc) is 3.40. The third-order valence-corrected chi connectivity index (χ3v) is 6.13. The van der Waals surface area contributed by atoms with Gasteiger partial charge in [0, 0.05) is 37.6 Å². The van der Waals surface area contributed by atoms with Crippen molar-refractivity contribution in [2.45, 2.75) is 38.8 Å². The molecule has 29 heavy (non-hydrogen) atoms. The molecule has 2 aromatic carbocycles. The summed E-state index contributed by atoms with van der Waals surface area (Å²) in [6.07, 6.45) is 2.26. The predicted octanol–water partition coefficient (Wildman–Crippen LogP) is 3.39. The van der Waals surface area contributed by atoms with Gasteiger partial charge in [-0.25, -0.2) is 0 Å². The van der Waals surface area contributed by atoms with Crippen LogP contribution in [0, 0.1) is 0 Å². The minimum absolute atomic E-state index is 0.0278. The lowest BCUT2D eigenvalue weighted by atomic mass is 9.96. The smallest absolute Gasteiger partial charge is 0.245 e. The summed E-state index contributed by atoms with van der Waals surface area (Å²) in [6, 6.07) is 14.0. The summed E-state index contributed by atoms with van der Waals surface area (Å²) in [6.45, 7) is 3.27. The Morgan fingerprint density at radius 2 is 1.93 bits per heavy atom. The number of fused-ring (bicyclic) bond motifs is 2. The standard InChI is InChI=1S/C23H23N3O3/c1-15(27)26-12-5-10-20(26)23(28)25-13-11-21-19(14-25)22(24-29-21)18-9-4-7-16-6-2-3-8-17(16)18/h2-4,6-9,20H,5,10-14H2,1H3/t20-/m0/s1. The second-order valence-electron chi connectivity index (χ2n) is 7.84. The van der Waals surface area contributed by atoms with Gasteiger partial charge in [-0.05, 0) is 23.6 Å². The van der Waals surface area contributed by atoms with E-state index in [0.29, 0.717) is 26.1 Å². The second kappa shape index (κ2) is 7.03. The molecule has 148 valence electrons. The van der Waals surface area contributed by atoms with E-state index in [1.54, 1.807) is 11.8 Å². The zero-order chi connectivity index (χ0) is 20.0. The minimum Gasteiger partial charge on any atom is -0.360 e. The molecule has 2 aliphatic rings. The van der Waals surface area contributed by atoms with E-state index < -0.39 is 0 Å². The number of hydrogen-bond donors (Lipinski definition) is 0. The van der Waals surface area contributed by atoms with Crippen LogP contribution in [0.15, 0.2) is 47.0 Å². The van der Waals surface area contributed by atoms with Gasteiger partial charge in [0.15, 0.2) is 0 Å². The molecule has 0 radical (unpaired) electrons. The fraction of sp³-hybridized carbons (Fsp3) is 0.348. The van der Waals surface area contributed by atoms with Crippen LogP contribution in [0.4, 0.5) is 0 Å². The van der Waals surface area contributed by atoms with Gasteiger partial charge in [0.2, 0.25) is 11.8 Å². The molecule has 1 aromatic heterocycles. The van der Waals surface area contributed by atoms with E-state index in [4.69, 9.17) is 4.52 Å². The molecule has 0 aliphatic carbocycles. The van der Waals surface area contributed by atoms with Gasteiger partial charge in [-0.15, -0.1) is 0 Å². The lowest BCUT2D eigenvalue weighted by molar-refractivity contribution is -0.143. The summed E-state index contributed by atoms with van der Waals surface area (Å²) in [4.78, 5) is 28.6. The van der Waals surface area contributed by atoms with Crippen LogP contribution < -0.4 is 0 Å². The molecule has 1 saturated heterocycles. The van der Waals surface area contributed by atoms with Crippen molar-refractivity contribution in [3.8, 4) is 11.3 Å². The number of aromatic nitrogens is 1. The number of hydrogen-bond acceptors (Lipinski definition) is 4. The van der Waals surface area contributed by atoms with Gasteiger partial charge in [0.1, 0.15) is 17.5 Å². The van der Waals surface area contributed by atoms with Crippen LogP contribution in [0.25, 0.3) is 22.0 Å². The van der Waals surface area contributed by atoms with Gasteiger partial charge in [-0.1, -0.05) is 47.6 Å². The maximum atomic E-state index is 13.2. The van der Waals surface area contributed by atoms with Crippen LogP contribution in [0.3, 0.4) is 0 Å². The summed E-state index contributed by atoms with van der Waals surface area (Å²) in [5.41, 5.74) is 2.81. The number of carbonyl (C=O) groups is 2. The first-order valence-corrected chi connectivity index (χ1v) is 10.1. The lowest BCUT2D eigenvalue weighted by Crippen LogP contribution is -2.48. The first kappa shape index (κ1) is 17.9. The van der Waals surface area contributed by atoms with E-state index >= 15 is 0 Å². The number of nitrogens with zero attached hydrogens (tertiary/aromatic N) is 3. The average molecular weight is 389 g/mol. The molecule has 2 aliphatic heterocycles. The minimum atomic E-state index is -0.338. The SMILES string of the molecule is CC(=O)N1CCC[C@H]1C(=O)N1CCc2onc(-c3cccc4ccccc34)c2C1. The topological polar surface area (TPSA) is 66.7 Å². The Morgan fingerprint density at radius 3 is 2.79 bits per heavy atom. The van der Waals surface area contributed by atoms with Gasteiger partial charge in [-0.2, -0.15) is 0 Å². The highest BCUT2D eigenvalue weighted by Gasteiger charge is 2.37. The molecule has 1 fully saturated rings. The van der Waals surface area contributed by atoms with E-state index in [9.17, 15) is 9.59 Å². The zero-order valence-corrected chi connectivity index (χ0v) is 16.4. The van der Waals surface area contributed by atoms with E-state index in [0.717, 1.165) is 46.2 Å². The molecule has 0 bridgehead atoms. The zero-order valence-electron chi connectivity index (χ0n) is 16.4. The highest BCUT2D eigenvalue weighted by Crippen LogP contribution is 2.35. The molecule has 5 rings (SSSR count). The van der Waals surface area contributed by atoms with Crippen molar-refractivity contribution in [3.63, 3.8) is 0 Å². The van der Waals surface area contributed by atoms with Crippen molar-refractivity contribution in [1.29, 1.82) is 0 Å². The summed E-state index contributed by atoms with van der Waals surface area (Å²) in [5.74, 6) is 0.861. The molecule has 6 heteroatoms. The summed E-state index contributed by atoms with van der Waals surface area (Å²) in [7, 11) is 0. The van der Waals surface area contributed by atoms with Gasteiger partial charge in [0.25, 0.3) is 0 Å². The quantitative estimate of drug-likeness (QED) is 0.674. The Labute approximate surface area is 169 Å². The molecule has 0 saturated carbocycles. The Morgan fingerprint density at radius 1 is 1.10 bits per heavy atom. The predicted molar refractivity (Wildman–Crippen MR) is 109 cm³/mol. The van der Waals surface area contributed by atoms with Crippen LogP contribution in [-0.4, -0.2) is 45.9 Å². The monoisotopic (exact) mass is 389 g/mol. The van der Waals surface area contributed by atoms with Gasteiger partial charge in [-0.3, -0.25) is 9.59 Å². The Balaban J connectivity index is 1.48. The third kappa shape index (κ3) is 2.99. The molecular formula is C23H23N3O3. The first-order valence-electron chi connectivity index (χ1n) is 10.1. The molecule has 2 amide bonds. The largest absolute Gasteiger partial charge is 0.360 e. The molecule has 0 N–H and O–H groups in total. The summed E-state index contributed by atoms with van der Waals surface area (Å²) >= 11 is 0. The first-order chi connectivity index (χ1) is 14.1. The van der Waals surface area contributed by atoms with Crippen molar-refractivity contribution >= 4 is 22.6 Å². The van der Waals surface area contributed by atoms with Crippen molar-refractivity contribution < 1.29 is 14.1 Å². The van der Waals surface area contributed by atoms with Crippen LogP contribution in [0.5, 0.6) is 0 Å². The van der Waals surface area contributed by atoms with Crippen molar-refractivity contribution in [2.75, 3.05) is 13.1 Å². The van der Waals surface area contributed by atoms with Crippen molar-refractivity contribution in [1.82, 2.24) is 15.0 Å². The number of carbonyl (C=O) groups excluding carboxylic acids is 2. The Kier molecular flexibility index (Phi) is 4.34. The van der Waals surface area contributed by atoms with Crippen LogP contribution in [0.2, 0.25) is 0 Å². The van der Waals surface area contributed by atoms with E-state index in [-0.39, 0.29) is 17.9 Å². The van der Waals surface area contributed by atoms with Gasteiger partial charge in [0.05, 0.1) is 6.54 Å². The molecule has 3 aromatic rings. The number of benzene rings is 2. The van der Waals surface area contributed by atoms with Crippen LogP contribution >= 0.6 is 0 Å². The van der Waals surface area contributed by atoms with Gasteiger partial charge >= 0.3 is 0 Å². The van der Waals surface area contributed by atoms with E-state index in [2.05, 4.69) is 29.4 Å². The molecule has 6 nitrogen and oxygen atoms in total. The third-order valence-electron chi connectivity index (χ3n) is 6.13. The maximum absolute atomic E-state index is 13.2. The van der Waals surface area contributed by atoms with Crippen LogP contribution in [0.1, 0.15) is 31.1 Å². The number of likely N-dealkylation sites (tertiary alicyclic amines) is 1. The van der Waals surface area contributed by atoms with Gasteiger partial charge < -0.3 is 14.3 Å². The Hall–Kier alpha value is -3.15. The lowest BCUT2D eigenvalue weighted by Gasteiger charge is -2.32. The fourth-order valence-corrected chi connectivity index (χ4v) is 4.65. The molecular weight excluding hydrogens is 366 g/mol. The molecule has 3 heterocycles. The highest BCUT2D eigenvalue weighted by molar-refractivity contribution is 5.96. The van der Waals surface area contributed by atoms with Crippen molar-refractivity contribution in [2.24, 2.45) is 0 Å². The van der Waals surface area contributed by atoms with E-state index in [1.807, 2.05) is 23.1 Å².